The second kappa shape index (κ2) is 4.28. The summed E-state index contributed by atoms with van der Waals surface area (Å²) in [6, 6.07) is 9.23. The van der Waals surface area contributed by atoms with Crippen LogP contribution in [0.2, 0.25) is 0 Å². The fourth-order valence-electron chi connectivity index (χ4n) is 2.62. The summed E-state index contributed by atoms with van der Waals surface area (Å²) in [6.45, 7) is 6.29. The van der Waals surface area contributed by atoms with Gasteiger partial charge in [-0.25, -0.2) is 0 Å². The van der Waals surface area contributed by atoms with Crippen LogP contribution in [0.25, 0.3) is 0 Å². The van der Waals surface area contributed by atoms with Crippen molar-refractivity contribution in [2.24, 2.45) is 0 Å². The zero-order valence-electron chi connectivity index (χ0n) is 13.0. The second-order valence-electron chi connectivity index (χ2n) is 6.57. The molecule has 0 bridgehead atoms. The van der Waals surface area contributed by atoms with Gasteiger partial charge in [-0.3, -0.25) is 0 Å². The number of rotatable bonds is 2. The summed E-state index contributed by atoms with van der Waals surface area (Å²) in [5.74, 6) is -1.18. The van der Waals surface area contributed by atoms with Gasteiger partial charge in [-0.05, 0) is 0 Å². The van der Waals surface area contributed by atoms with E-state index in [2.05, 4.69) is 0 Å². The van der Waals surface area contributed by atoms with Crippen molar-refractivity contribution in [3.63, 3.8) is 0 Å². The number of benzene rings is 1. The predicted octanol–water partition coefficient (Wildman–Crippen LogP) is 3.10. The monoisotopic (exact) mass is 326 g/mol. The van der Waals surface area contributed by atoms with E-state index < -0.39 is 30.7 Å². The van der Waals surface area contributed by atoms with Crippen LogP contribution >= 0.6 is 7.51 Å². The van der Waals surface area contributed by atoms with Crippen LogP contribution in [0, 0.1) is 0 Å². The molecule has 1 aromatic rings. The van der Waals surface area contributed by atoms with Gasteiger partial charge in [0.2, 0.25) is 0 Å². The first-order valence-electron chi connectivity index (χ1n) is 7.04. The maximum absolute atomic E-state index is 12.2. The minimum absolute atomic E-state index is 0.0801. The molecule has 0 atom stereocenters. The van der Waals surface area contributed by atoms with Gasteiger partial charge < -0.3 is 0 Å². The standard InChI is InChI=1S/C15H19O6P/c1-14(2)12(16)18-22(20-14,10-11-8-6-5-7-9-11)19-13(17)15(3,4)21-22/h5-9H,10H2,1-4H3. The first-order valence-corrected chi connectivity index (χ1v) is 9.13. The molecule has 2 heterocycles. The van der Waals surface area contributed by atoms with Gasteiger partial charge in [0.1, 0.15) is 0 Å². The second-order valence-corrected chi connectivity index (χ2v) is 9.54. The molecule has 2 aliphatic heterocycles. The van der Waals surface area contributed by atoms with Gasteiger partial charge in [0.15, 0.2) is 0 Å². The summed E-state index contributed by atoms with van der Waals surface area (Å²) in [4.78, 5) is 24.4. The van der Waals surface area contributed by atoms with Gasteiger partial charge in [0, 0.05) is 0 Å². The minimum atomic E-state index is -4.35. The van der Waals surface area contributed by atoms with Crippen LogP contribution in [0.1, 0.15) is 33.3 Å². The third-order valence-electron chi connectivity index (χ3n) is 3.59. The molecule has 0 amide bonds. The van der Waals surface area contributed by atoms with Crippen LogP contribution in [0.4, 0.5) is 0 Å². The Hall–Kier alpha value is -1.49. The summed E-state index contributed by atoms with van der Waals surface area (Å²) >= 11 is 0. The van der Waals surface area contributed by atoms with Gasteiger partial charge in [0.05, 0.1) is 0 Å². The van der Waals surface area contributed by atoms with Gasteiger partial charge >= 0.3 is 128 Å². The molecule has 1 spiro atoms. The first-order chi connectivity index (χ1) is 10.1. The van der Waals surface area contributed by atoms with Crippen LogP contribution in [-0.2, 0) is 33.8 Å². The first kappa shape index (κ1) is 15.4. The molecular formula is C15H19O6P. The molecule has 3 rings (SSSR count). The molecule has 2 saturated heterocycles. The van der Waals surface area contributed by atoms with Crippen molar-refractivity contribution >= 4 is 19.4 Å². The Labute approximate surface area is 128 Å². The van der Waals surface area contributed by atoms with E-state index >= 15 is 0 Å². The fourth-order valence-corrected chi connectivity index (χ4v) is 6.90. The summed E-state index contributed by atoms with van der Waals surface area (Å²) in [7, 11) is -4.35. The van der Waals surface area contributed by atoms with Crippen LogP contribution in [0.3, 0.4) is 0 Å². The zero-order valence-corrected chi connectivity index (χ0v) is 13.9. The molecule has 1 aromatic carbocycles. The molecular weight excluding hydrogens is 307 g/mol. The van der Waals surface area contributed by atoms with Crippen LogP contribution in [0.15, 0.2) is 30.3 Å². The Morgan fingerprint density at radius 3 is 1.68 bits per heavy atom. The van der Waals surface area contributed by atoms with Crippen molar-refractivity contribution in [2.45, 2.75) is 45.1 Å². The van der Waals surface area contributed by atoms with Gasteiger partial charge in [-0.15, -0.1) is 0 Å². The van der Waals surface area contributed by atoms with Gasteiger partial charge in [-0.1, -0.05) is 0 Å². The van der Waals surface area contributed by atoms with Crippen molar-refractivity contribution < 1.29 is 27.7 Å². The Kier molecular flexibility index (Phi) is 3.00. The van der Waals surface area contributed by atoms with E-state index in [1.165, 1.54) is 0 Å². The van der Waals surface area contributed by atoms with Crippen molar-refractivity contribution in [3.8, 4) is 0 Å². The van der Waals surface area contributed by atoms with Crippen molar-refractivity contribution in [3.05, 3.63) is 35.9 Å². The molecule has 120 valence electrons. The summed E-state index contributed by atoms with van der Waals surface area (Å²) in [5.41, 5.74) is -1.66. The average molecular weight is 326 g/mol. The van der Waals surface area contributed by atoms with Crippen molar-refractivity contribution in [1.29, 1.82) is 0 Å². The molecule has 2 fully saturated rings. The van der Waals surface area contributed by atoms with Crippen molar-refractivity contribution in [1.82, 2.24) is 0 Å². The molecule has 2 aliphatic rings. The Balaban J connectivity index is 2.09. The number of hydrogen-bond donors (Lipinski definition) is 0. The van der Waals surface area contributed by atoms with Gasteiger partial charge in [0.25, 0.3) is 0 Å². The maximum atomic E-state index is 12.2. The number of carbonyl (C=O) groups excluding carboxylic acids is 2. The number of carbonyl (C=O) groups is 2. The third kappa shape index (κ3) is 2.22. The summed E-state index contributed by atoms with van der Waals surface area (Å²) in [5, 5.41) is 0. The molecule has 6 nitrogen and oxygen atoms in total. The number of hydrogen-bond acceptors (Lipinski definition) is 6. The molecule has 0 aromatic heterocycles. The summed E-state index contributed by atoms with van der Waals surface area (Å²) in [6.07, 6.45) is 0.0801. The molecule has 0 radical (unpaired) electrons. The van der Waals surface area contributed by atoms with E-state index in [9.17, 15) is 9.59 Å². The average Bonchev–Trinajstić information content (AvgIpc) is 2.67. The Morgan fingerprint density at radius 1 is 0.864 bits per heavy atom. The van der Waals surface area contributed by atoms with E-state index in [0.717, 1.165) is 5.56 Å². The predicted molar refractivity (Wildman–Crippen MR) is 79.6 cm³/mol. The SMILES string of the molecule is CC1(C)OP2(Cc3ccccc3)(OC1=O)OC(=O)C(C)(C)O2. The van der Waals surface area contributed by atoms with Gasteiger partial charge in [-0.2, -0.15) is 0 Å². The Morgan fingerprint density at radius 2 is 1.32 bits per heavy atom. The quantitative estimate of drug-likeness (QED) is 0.778. The van der Waals surface area contributed by atoms with E-state index in [1.54, 1.807) is 27.7 Å². The normalized spacial score (nSPS) is 28.6. The van der Waals surface area contributed by atoms with E-state index in [4.69, 9.17) is 18.1 Å². The van der Waals surface area contributed by atoms with Crippen LogP contribution in [-0.4, -0.2) is 23.1 Å². The van der Waals surface area contributed by atoms with Crippen LogP contribution in [0.5, 0.6) is 0 Å². The van der Waals surface area contributed by atoms with E-state index in [1.807, 2.05) is 30.3 Å². The molecule has 0 N–H and O–H groups in total. The summed E-state index contributed by atoms with van der Waals surface area (Å²) < 4.78 is 22.9. The fraction of sp³-hybridized carbons (Fsp3) is 0.467. The topological polar surface area (TPSA) is 71.1 Å². The molecule has 0 unspecified atom stereocenters. The zero-order chi connectivity index (χ0) is 16.3. The Bertz CT molecular complexity index is 615. The van der Waals surface area contributed by atoms with Crippen molar-refractivity contribution in [2.75, 3.05) is 0 Å². The van der Waals surface area contributed by atoms with E-state index in [-0.39, 0.29) is 6.16 Å². The van der Waals surface area contributed by atoms with Crippen LogP contribution < -0.4 is 0 Å². The third-order valence-corrected chi connectivity index (χ3v) is 7.13. The molecule has 0 aliphatic carbocycles. The molecule has 22 heavy (non-hydrogen) atoms. The van der Waals surface area contributed by atoms with E-state index in [0.29, 0.717) is 0 Å². The molecule has 7 heteroatoms. The molecule has 0 saturated carbocycles.